The third kappa shape index (κ3) is 4.80. The summed E-state index contributed by atoms with van der Waals surface area (Å²) in [5.41, 5.74) is 3.63. The van der Waals surface area contributed by atoms with Crippen molar-refractivity contribution in [3.63, 3.8) is 0 Å². The van der Waals surface area contributed by atoms with Gasteiger partial charge in [-0.3, -0.25) is 4.79 Å². The number of benzene rings is 3. The lowest BCUT2D eigenvalue weighted by Gasteiger charge is -2.21. The van der Waals surface area contributed by atoms with Crippen molar-refractivity contribution in [1.29, 1.82) is 0 Å². The number of nitrogens with one attached hydrogen (secondary N) is 1. The van der Waals surface area contributed by atoms with Crippen LogP contribution in [-0.2, 0) is 4.79 Å². The van der Waals surface area contributed by atoms with Crippen LogP contribution >= 0.6 is 0 Å². The molecule has 3 nitrogen and oxygen atoms in total. The molecule has 0 spiro atoms. The molecule has 0 fully saturated rings. The van der Waals surface area contributed by atoms with E-state index in [2.05, 4.69) is 48.6 Å². The van der Waals surface area contributed by atoms with Crippen molar-refractivity contribution in [1.82, 2.24) is 0 Å². The Morgan fingerprint density at radius 3 is 2.15 bits per heavy atom. The van der Waals surface area contributed by atoms with Crippen LogP contribution in [0.3, 0.4) is 0 Å². The van der Waals surface area contributed by atoms with Crippen LogP contribution in [0.1, 0.15) is 29.7 Å². The second-order valence-corrected chi connectivity index (χ2v) is 6.75. The van der Waals surface area contributed by atoms with E-state index in [1.54, 1.807) is 18.2 Å². The smallest absolute Gasteiger partial charge is 0.282 e. The Labute approximate surface area is 159 Å². The van der Waals surface area contributed by atoms with E-state index >= 15 is 0 Å². The highest BCUT2D eigenvalue weighted by molar-refractivity contribution is 5.93. The predicted molar refractivity (Wildman–Crippen MR) is 106 cm³/mol. The van der Waals surface area contributed by atoms with E-state index in [0.717, 1.165) is 11.1 Å². The Balaban J connectivity index is 1.80. The van der Waals surface area contributed by atoms with E-state index in [0.29, 0.717) is 0 Å². The summed E-state index contributed by atoms with van der Waals surface area (Å²) in [5.74, 6) is -0.663. The fourth-order valence-electron chi connectivity index (χ4n) is 3.03. The van der Waals surface area contributed by atoms with Crippen LogP contribution in [0.4, 0.5) is 10.1 Å². The number of anilines is 1. The molecule has 3 aromatic rings. The van der Waals surface area contributed by atoms with Gasteiger partial charge in [0, 0.05) is 11.1 Å². The molecule has 3 N–H and O–H groups in total. The van der Waals surface area contributed by atoms with Gasteiger partial charge in [-0.25, -0.2) is 4.39 Å². The number of nitrogens with two attached hydrogens (primary N) is 1. The zero-order valence-corrected chi connectivity index (χ0v) is 15.5. The zero-order valence-electron chi connectivity index (χ0n) is 15.5. The van der Waals surface area contributed by atoms with E-state index in [1.807, 2.05) is 30.4 Å². The van der Waals surface area contributed by atoms with Crippen LogP contribution in [0.5, 0.6) is 0 Å². The number of carbonyl (C=O) groups is 1. The van der Waals surface area contributed by atoms with Gasteiger partial charge in [-0.1, -0.05) is 72.3 Å². The normalized spacial score (nSPS) is 13.0. The van der Waals surface area contributed by atoms with Gasteiger partial charge in [0.2, 0.25) is 0 Å². The highest BCUT2D eigenvalue weighted by Crippen LogP contribution is 2.19. The van der Waals surface area contributed by atoms with Gasteiger partial charge >= 0.3 is 0 Å². The minimum Gasteiger partial charge on any atom is -0.326 e. The summed E-state index contributed by atoms with van der Waals surface area (Å²) in [6, 6.07) is 24.2. The molecular weight excluding hydrogens is 339 g/mol. The Kier molecular flexibility index (Phi) is 5.99. The molecule has 3 aromatic carbocycles. The molecule has 0 bridgehead atoms. The van der Waals surface area contributed by atoms with Crippen LogP contribution in [0.25, 0.3) is 0 Å². The zero-order chi connectivity index (χ0) is 19.2. The first kappa shape index (κ1) is 18.8. The van der Waals surface area contributed by atoms with Crippen LogP contribution in [-0.4, -0.2) is 11.9 Å². The number of halogens is 1. The third-order valence-corrected chi connectivity index (χ3v) is 4.62. The number of quaternary nitrogens is 1. The van der Waals surface area contributed by atoms with Crippen LogP contribution in [0, 0.1) is 12.7 Å². The molecule has 138 valence electrons. The average molecular weight is 363 g/mol. The maximum absolute atomic E-state index is 13.8. The number of para-hydroxylation sites is 1. The lowest BCUT2D eigenvalue weighted by atomic mass is 9.97. The first-order chi connectivity index (χ1) is 13.0. The van der Waals surface area contributed by atoms with E-state index in [-0.39, 0.29) is 17.6 Å². The molecule has 3 rings (SSSR count). The Bertz CT molecular complexity index is 894. The van der Waals surface area contributed by atoms with Gasteiger partial charge in [0.25, 0.3) is 5.91 Å². The van der Waals surface area contributed by atoms with Gasteiger partial charge in [-0.2, -0.15) is 0 Å². The van der Waals surface area contributed by atoms with Gasteiger partial charge in [0.05, 0.1) is 5.69 Å². The van der Waals surface area contributed by atoms with Crippen molar-refractivity contribution in [2.75, 3.05) is 5.32 Å². The molecule has 0 saturated heterocycles. The Hall–Kier alpha value is -2.98. The maximum atomic E-state index is 13.8. The van der Waals surface area contributed by atoms with Gasteiger partial charge in [-0.15, -0.1) is 0 Å². The molecule has 0 unspecified atom stereocenters. The quantitative estimate of drug-likeness (QED) is 0.687. The highest BCUT2D eigenvalue weighted by atomic mass is 19.1. The van der Waals surface area contributed by atoms with E-state index in [1.165, 1.54) is 11.6 Å². The van der Waals surface area contributed by atoms with Gasteiger partial charge < -0.3 is 10.6 Å². The summed E-state index contributed by atoms with van der Waals surface area (Å²) in [5, 5.41) is 4.69. The maximum Gasteiger partial charge on any atom is 0.282 e. The molecule has 0 aliphatic carbocycles. The van der Waals surface area contributed by atoms with Gasteiger partial charge in [0.1, 0.15) is 11.9 Å². The third-order valence-electron chi connectivity index (χ3n) is 4.62. The number of carbonyl (C=O) groups excluding carboxylic acids is 1. The van der Waals surface area contributed by atoms with E-state index in [9.17, 15) is 9.18 Å². The van der Waals surface area contributed by atoms with Crippen LogP contribution in [0.2, 0.25) is 0 Å². The minimum absolute atomic E-state index is 0.0202. The monoisotopic (exact) mass is 363 g/mol. The molecule has 0 aliphatic rings. The van der Waals surface area contributed by atoms with Crippen molar-refractivity contribution in [3.05, 3.63) is 101 Å². The van der Waals surface area contributed by atoms with Crippen molar-refractivity contribution >= 4 is 11.6 Å². The number of aryl methyl sites for hydroxylation is 1. The van der Waals surface area contributed by atoms with Gasteiger partial charge in [0.15, 0.2) is 6.04 Å². The summed E-state index contributed by atoms with van der Waals surface area (Å²) in [6.07, 6.45) is 0. The van der Waals surface area contributed by atoms with E-state index < -0.39 is 11.9 Å². The lowest BCUT2D eigenvalue weighted by Crippen LogP contribution is -2.92. The molecule has 4 heteroatoms. The molecule has 0 heterocycles. The van der Waals surface area contributed by atoms with Crippen molar-refractivity contribution in [3.8, 4) is 0 Å². The molecule has 0 aromatic heterocycles. The largest absolute Gasteiger partial charge is 0.326 e. The van der Waals surface area contributed by atoms with Crippen LogP contribution in [0.15, 0.2) is 78.9 Å². The topological polar surface area (TPSA) is 45.7 Å². The second kappa shape index (κ2) is 8.60. The SMILES string of the molecule is Cc1ccc([C@H]([NH2+][C@H](C)C(=O)Nc2ccccc2F)c2ccccc2)cc1. The number of rotatable bonds is 6. The van der Waals surface area contributed by atoms with Crippen molar-refractivity contribution < 1.29 is 14.5 Å². The fourth-order valence-corrected chi connectivity index (χ4v) is 3.03. The summed E-state index contributed by atoms with van der Waals surface area (Å²) >= 11 is 0. The first-order valence-corrected chi connectivity index (χ1v) is 9.06. The highest BCUT2D eigenvalue weighted by Gasteiger charge is 2.25. The van der Waals surface area contributed by atoms with Crippen molar-refractivity contribution in [2.45, 2.75) is 25.9 Å². The molecule has 27 heavy (non-hydrogen) atoms. The summed E-state index contributed by atoms with van der Waals surface area (Å²) in [7, 11) is 0. The second-order valence-electron chi connectivity index (χ2n) is 6.75. The predicted octanol–water partition coefficient (Wildman–Crippen LogP) is 3.81. The van der Waals surface area contributed by atoms with Gasteiger partial charge in [-0.05, 0) is 26.0 Å². The number of amides is 1. The molecule has 0 aliphatic heterocycles. The molecule has 2 atom stereocenters. The molecule has 0 radical (unpaired) electrons. The number of hydrogen-bond acceptors (Lipinski definition) is 1. The average Bonchev–Trinajstić information content (AvgIpc) is 2.69. The van der Waals surface area contributed by atoms with E-state index in [4.69, 9.17) is 0 Å². The Morgan fingerprint density at radius 2 is 1.48 bits per heavy atom. The minimum atomic E-state index is -0.434. The Morgan fingerprint density at radius 1 is 0.889 bits per heavy atom. The first-order valence-electron chi connectivity index (χ1n) is 9.06. The lowest BCUT2D eigenvalue weighted by molar-refractivity contribution is -0.704. The summed E-state index contributed by atoms with van der Waals surface area (Å²) in [6.45, 7) is 3.88. The van der Waals surface area contributed by atoms with Crippen LogP contribution < -0.4 is 10.6 Å². The summed E-state index contributed by atoms with van der Waals surface area (Å²) < 4.78 is 13.8. The summed E-state index contributed by atoms with van der Waals surface area (Å²) in [4.78, 5) is 12.6. The standard InChI is InChI=1S/C23H23FN2O/c1-16-12-14-19(15-13-16)22(18-8-4-3-5-9-18)25-17(2)23(27)26-21-11-7-6-10-20(21)24/h3-15,17,22,25H,1-2H3,(H,26,27)/p+1/t17-,22-/m1/s1. The fraction of sp³-hybridized carbons (Fsp3) is 0.174. The molecule has 0 saturated carbocycles. The number of hydrogen-bond donors (Lipinski definition) is 2. The molecular formula is C23H24FN2O+. The van der Waals surface area contributed by atoms with Crippen molar-refractivity contribution in [2.24, 2.45) is 0 Å². The molecule has 1 amide bonds.